The van der Waals surface area contributed by atoms with Crippen LogP contribution < -0.4 is 0 Å². The lowest BCUT2D eigenvalue weighted by atomic mass is 10.1. The number of hydrogen-bond donors (Lipinski definition) is 1. The third-order valence-electron chi connectivity index (χ3n) is 2.71. The van der Waals surface area contributed by atoms with E-state index < -0.39 is 5.97 Å². The van der Waals surface area contributed by atoms with E-state index in [0.717, 1.165) is 21.3 Å². The number of rotatable bonds is 2. The van der Waals surface area contributed by atoms with Crippen LogP contribution in [0, 0.1) is 20.8 Å². The van der Waals surface area contributed by atoms with Crippen LogP contribution in [0.2, 0.25) is 0 Å². The molecule has 18 heavy (non-hydrogen) atoms. The zero-order valence-electron chi connectivity index (χ0n) is 10.2. The van der Waals surface area contributed by atoms with E-state index in [1.165, 1.54) is 0 Å². The van der Waals surface area contributed by atoms with Gasteiger partial charge in [0.05, 0.1) is 11.4 Å². The van der Waals surface area contributed by atoms with Gasteiger partial charge < -0.3 is 5.11 Å². The van der Waals surface area contributed by atoms with Gasteiger partial charge in [0, 0.05) is 4.47 Å². The standard InChI is InChI=1S/C12H12BrN3O2/c1-6-4-7(2)11(9(13)5-6)16-8(3)10(12(17)18)14-15-16/h4-5H,1-3H3,(H,17,18). The zero-order valence-corrected chi connectivity index (χ0v) is 11.8. The molecule has 0 fully saturated rings. The second-order valence-corrected chi connectivity index (χ2v) is 5.01. The Hall–Kier alpha value is -1.69. The van der Waals surface area contributed by atoms with Crippen LogP contribution in [-0.4, -0.2) is 26.1 Å². The summed E-state index contributed by atoms with van der Waals surface area (Å²) >= 11 is 3.48. The zero-order chi connectivity index (χ0) is 13.4. The van der Waals surface area contributed by atoms with E-state index in [2.05, 4.69) is 26.2 Å². The van der Waals surface area contributed by atoms with Crippen LogP contribution in [0.25, 0.3) is 5.69 Å². The molecule has 0 bridgehead atoms. The summed E-state index contributed by atoms with van der Waals surface area (Å²) in [6.45, 7) is 5.64. The van der Waals surface area contributed by atoms with E-state index >= 15 is 0 Å². The monoisotopic (exact) mass is 309 g/mol. The van der Waals surface area contributed by atoms with Crippen LogP contribution in [0.4, 0.5) is 0 Å². The molecule has 0 atom stereocenters. The van der Waals surface area contributed by atoms with Gasteiger partial charge in [-0.05, 0) is 53.9 Å². The van der Waals surface area contributed by atoms with Crippen LogP contribution in [0.1, 0.15) is 27.3 Å². The van der Waals surface area contributed by atoms with Gasteiger partial charge >= 0.3 is 5.97 Å². The molecular formula is C12H12BrN3O2. The van der Waals surface area contributed by atoms with E-state index in [1.807, 2.05) is 26.0 Å². The van der Waals surface area contributed by atoms with E-state index in [1.54, 1.807) is 11.6 Å². The maximum Gasteiger partial charge on any atom is 0.358 e. The third kappa shape index (κ3) is 2.03. The van der Waals surface area contributed by atoms with Crippen molar-refractivity contribution < 1.29 is 9.90 Å². The number of nitrogens with zero attached hydrogens (tertiary/aromatic N) is 3. The molecule has 0 amide bonds. The summed E-state index contributed by atoms with van der Waals surface area (Å²) in [6, 6.07) is 3.98. The summed E-state index contributed by atoms with van der Waals surface area (Å²) in [5, 5.41) is 16.6. The molecule has 6 heteroatoms. The predicted octanol–water partition coefficient (Wildman–Crippen LogP) is 2.65. The fraction of sp³-hybridized carbons (Fsp3) is 0.250. The number of carboxylic acid groups (broad SMARTS) is 1. The van der Waals surface area contributed by atoms with Crippen LogP contribution >= 0.6 is 15.9 Å². The Bertz CT molecular complexity index is 611. The van der Waals surface area contributed by atoms with Crippen LogP contribution in [-0.2, 0) is 0 Å². The first-order valence-corrected chi connectivity index (χ1v) is 6.14. The number of carbonyl (C=O) groups is 1. The summed E-state index contributed by atoms with van der Waals surface area (Å²) in [5.74, 6) is -1.07. The van der Waals surface area contributed by atoms with Gasteiger partial charge in [0.1, 0.15) is 0 Å². The normalized spacial score (nSPS) is 10.7. The van der Waals surface area contributed by atoms with Crippen molar-refractivity contribution in [3.63, 3.8) is 0 Å². The SMILES string of the molecule is Cc1cc(C)c(-n2nnc(C(=O)O)c2C)c(Br)c1. The maximum absolute atomic E-state index is 11.0. The highest BCUT2D eigenvalue weighted by Crippen LogP contribution is 2.27. The summed E-state index contributed by atoms with van der Waals surface area (Å²) in [7, 11) is 0. The van der Waals surface area contributed by atoms with Gasteiger partial charge in [-0.25, -0.2) is 9.48 Å². The van der Waals surface area contributed by atoms with Crippen molar-refractivity contribution in [2.24, 2.45) is 0 Å². The molecule has 1 aromatic carbocycles. The Morgan fingerprint density at radius 3 is 2.50 bits per heavy atom. The first kappa shape index (κ1) is 12.8. The van der Waals surface area contributed by atoms with Crippen LogP contribution in [0.15, 0.2) is 16.6 Å². The molecule has 1 heterocycles. The first-order valence-electron chi connectivity index (χ1n) is 5.34. The van der Waals surface area contributed by atoms with E-state index in [-0.39, 0.29) is 5.69 Å². The minimum Gasteiger partial charge on any atom is -0.476 e. The highest BCUT2D eigenvalue weighted by atomic mass is 79.9. The van der Waals surface area contributed by atoms with E-state index in [9.17, 15) is 4.79 Å². The molecule has 5 nitrogen and oxygen atoms in total. The fourth-order valence-corrected chi connectivity index (χ4v) is 2.76. The Balaban J connectivity index is 2.67. The van der Waals surface area contributed by atoms with Crippen molar-refractivity contribution in [3.8, 4) is 5.69 Å². The van der Waals surface area contributed by atoms with Gasteiger partial charge in [0.2, 0.25) is 0 Å². The van der Waals surface area contributed by atoms with Gasteiger partial charge in [0.25, 0.3) is 0 Å². The maximum atomic E-state index is 11.0. The van der Waals surface area contributed by atoms with Crippen molar-refractivity contribution >= 4 is 21.9 Å². The quantitative estimate of drug-likeness (QED) is 0.926. The fourth-order valence-electron chi connectivity index (χ4n) is 1.92. The molecule has 0 spiro atoms. The van der Waals surface area contributed by atoms with Crippen molar-refractivity contribution in [1.29, 1.82) is 0 Å². The largest absolute Gasteiger partial charge is 0.476 e. The lowest BCUT2D eigenvalue weighted by Gasteiger charge is -2.10. The second-order valence-electron chi connectivity index (χ2n) is 4.15. The van der Waals surface area contributed by atoms with Crippen LogP contribution in [0.5, 0.6) is 0 Å². The average Bonchev–Trinajstić information content (AvgIpc) is 2.59. The summed E-state index contributed by atoms with van der Waals surface area (Å²) < 4.78 is 2.41. The minimum absolute atomic E-state index is 0.0260. The van der Waals surface area contributed by atoms with Gasteiger partial charge in [-0.2, -0.15) is 0 Å². The molecule has 0 saturated carbocycles. The second kappa shape index (κ2) is 4.53. The molecule has 2 rings (SSSR count). The highest BCUT2D eigenvalue weighted by molar-refractivity contribution is 9.10. The molecule has 0 saturated heterocycles. The lowest BCUT2D eigenvalue weighted by molar-refractivity contribution is 0.0689. The number of aryl methyl sites for hydroxylation is 2. The highest BCUT2D eigenvalue weighted by Gasteiger charge is 2.18. The predicted molar refractivity (Wildman–Crippen MR) is 70.2 cm³/mol. The Kier molecular flexibility index (Phi) is 3.21. The van der Waals surface area contributed by atoms with Crippen molar-refractivity contribution in [3.05, 3.63) is 39.1 Å². The molecule has 0 aliphatic heterocycles. The lowest BCUT2D eigenvalue weighted by Crippen LogP contribution is -2.05. The summed E-state index contributed by atoms with van der Waals surface area (Å²) in [5.41, 5.74) is 3.43. The minimum atomic E-state index is -1.07. The van der Waals surface area contributed by atoms with Crippen molar-refractivity contribution in [1.82, 2.24) is 15.0 Å². The van der Waals surface area contributed by atoms with Gasteiger partial charge in [-0.3, -0.25) is 0 Å². The van der Waals surface area contributed by atoms with Crippen LogP contribution in [0.3, 0.4) is 0 Å². The number of aromatic nitrogens is 3. The molecule has 1 N–H and O–H groups in total. The molecule has 2 aromatic rings. The molecule has 0 aliphatic rings. The van der Waals surface area contributed by atoms with Gasteiger partial charge in [0.15, 0.2) is 5.69 Å². The number of hydrogen-bond acceptors (Lipinski definition) is 3. The molecule has 0 radical (unpaired) electrons. The average molecular weight is 310 g/mol. The van der Waals surface area contributed by atoms with Crippen molar-refractivity contribution in [2.45, 2.75) is 20.8 Å². The molecular weight excluding hydrogens is 298 g/mol. The van der Waals surface area contributed by atoms with Crippen molar-refractivity contribution in [2.75, 3.05) is 0 Å². The Morgan fingerprint density at radius 2 is 2.00 bits per heavy atom. The number of benzene rings is 1. The third-order valence-corrected chi connectivity index (χ3v) is 3.31. The smallest absolute Gasteiger partial charge is 0.358 e. The van der Waals surface area contributed by atoms with Gasteiger partial charge in [-0.15, -0.1) is 5.10 Å². The molecule has 0 aliphatic carbocycles. The molecule has 0 unspecified atom stereocenters. The Morgan fingerprint density at radius 1 is 1.33 bits per heavy atom. The topological polar surface area (TPSA) is 68.0 Å². The number of carboxylic acids is 1. The first-order chi connectivity index (χ1) is 8.41. The molecule has 1 aromatic heterocycles. The summed E-state index contributed by atoms with van der Waals surface area (Å²) in [4.78, 5) is 11.0. The molecule has 94 valence electrons. The Labute approximate surface area is 113 Å². The van der Waals surface area contributed by atoms with E-state index in [4.69, 9.17) is 5.11 Å². The van der Waals surface area contributed by atoms with E-state index in [0.29, 0.717) is 5.69 Å². The number of halogens is 1. The van der Waals surface area contributed by atoms with Gasteiger partial charge in [-0.1, -0.05) is 11.3 Å². The number of aromatic carboxylic acids is 1. The summed E-state index contributed by atoms with van der Waals surface area (Å²) in [6.07, 6.45) is 0.